The lowest BCUT2D eigenvalue weighted by molar-refractivity contribution is 0.0746. The van der Waals surface area contributed by atoms with E-state index in [4.69, 9.17) is 33.3 Å². The van der Waals surface area contributed by atoms with Gasteiger partial charge in [0.15, 0.2) is 5.11 Å². The molecule has 0 aromatic heterocycles. The maximum absolute atomic E-state index is 13.0. The summed E-state index contributed by atoms with van der Waals surface area (Å²) in [5.41, 5.74) is 2.62. The Hall–Kier alpha value is -3.82. The van der Waals surface area contributed by atoms with E-state index in [2.05, 4.69) is 22.5 Å². The van der Waals surface area contributed by atoms with Crippen molar-refractivity contribution in [2.24, 2.45) is 0 Å². The molecule has 0 unspecified atom stereocenters. The molecule has 0 bridgehead atoms. The van der Waals surface area contributed by atoms with Crippen LogP contribution in [0.25, 0.3) is 0 Å². The number of ether oxygens (including phenoxy) is 2. The fraction of sp³-hybridized carbons (Fsp3) is 0.300. The number of piperazine rings is 1. The summed E-state index contributed by atoms with van der Waals surface area (Å²) in [6.07, 6.45) is 0.936. The third-order valence-electron chi connectivity index (χ3n) is 6.32. The number of carbonyl (C=O) groups excluding carboxylic acids is 2. The zero-order valence-corrected chi connectivity index (χ0v) is 24.2. The first-order valence-electron chi connectivity index (χ1n) is 13.3. The lowest BCUT2D eigenvalue weighted by atomic mass is 10.1. The van der Waals surface area contributed by atoms with E-state index in [9.17, 15) is 9.59 Å². The van der Waals surface area contributed by atoms with Crippen LogP contribution in [0.4, 0.5) is 11.4 Å². The fourth-order valence-corrected chi connectivity index (χ4v) is 4.83. The molecule has 1 heterocycles. The van der Waals surface area contributed by atoms with Crippen LogP contribution in [0.3, 0.4) is 0 Å². The van der Waals surface area contributed by atoms with Gasteiger partial charge in [0.05, 0.1) is 23.9 Å². The Morgan fingerprint density at radius 3 is 2.33 bits per heavy atom. The number of benzene rings is 3. The number of halogens is 1. The number of hydrogen-bond acceptors (Lipinski definition) is 6. The molecule has 2 amide bonds. The number of anilines is 2. The minimum Gasteiger partial charge on any atom is -0.494 e. The van der Waals surface area contributed by atoms with Crippen LogP contribution in [0, 0.1) is 0 Å². The highest BCUT2D eigenvalue weighted by Gasteiger charge is 2.23. The maximum atomic E-state index is 13.0. The monoisotopic (exact) mass is 580 g/mol. The van der Waals surface area contributed by atoms with Gasteiger partial charge in [-0.3, -0.25) is 14.9 Å². The van der Waals surface area contributed by atoms with Crippen molar-refractivity contribution in [1.29, 1.82) is 0 Å². The molecule has 1 saturated heterocycles. The second kappa shape index (κ2) is 14.0. The van der Waals surface area contributed by atoms with Gasteiger partial charge in [0.2, 0.25) is 0 Å². The Morgan fingerprint density at radius 2 is 1.65 bits per heavy atom. The van der Waals surface area contributed by atoms with Gasteiger partial charge in [0.1, 0.15) is 11.5 Å². The summed E-state index contributed by atoms with van der Waals surface area (Å²) in [5, 5.41) is 6.40. The highest BCUT2D eigenvalue weighted by atomic mass is 35.5. The Labute approximate surface area is 245 Å². The van der Waals surface area contributed by atoms with Crippen molar-refractivity contribution < 1.29 is 19.1 Å². The Balaban J connectivity index is 1.29. The highest BCUT2D eigenvalue weighted by Crippen LogP contribution is 2.30. The summed E-state index contributed by atoms with van der Waals surface area (Å²) in [4.78, 5) is 29.6. The molecule has 4 rings (SSSR count). The van der Waals surface area contributed by atoms with Crippen molar-refractivity contribution in [3.63, 3.8) is 0 Å². The molecule has 0 aliphatic carbocycles. The van der Waals surface area contributed by atoms with Crippen LogP contribution >= 0.6 is 23.8 Å². The first kappa shape index (κ1) is 29.2. The highest BCUT2D eigenvalue weighted by molar-refractivity contribution is 7.80. The van der Waals surface area contributed by atoms with E-state index in [0.717, 1.165) is 17.9 Å². The normalized spacial score (nSPS) is 13.0. The van der Waals surface area contributed by atoms with E-state index in [0.29, 0.717) is 67.0 Å². The molecule has 1 fully saturated rings. The number of carbonyl (C=O) groups is 2. The summed E-state index contributed by atoms with van der Waals surface area (Å²) in [7, 11) is 0. The number of thiocarbonyl (C=S) groups is 1. The second-order valence-corrected chi connectivity index (χ2v) is 10.0. The van der Waals surface area contributed by atoms with Crippen molar-refractivity contribution >= 4 is 52.1 Å². The van der Waals surface area contributed by atoms with E-state index in [1.807, 2.05) is 48.2 Å². The van der Waals surface area contributed by atoms with E-state index >= 15 is 0 Å². The molecule has 0 atom stereocenters. The van der Waals surface area contributed by atoms with Gasteiger partial charge in [-0.1, -0.05) is 24.6 Å². The zero-order valence-electron chi connectivity index (χ0n) is 22.6. The molecule has 10 heteroatoms. The predicted molar refractivity (Wildman–Crippen MR) is 163 cm³/mol. The van der Waals surface area contributed by atoms with Crippen molar-refractivity contribution in [2.75, 3.05) is 49.6 Å². The quantitative estimate of drug-likeness (QED) is 0.318. The van der Waals surface area contributed by atoms with Crippen LogP contribution in [-0.4, -0.2) is 61.2 Å². The molecule has 0 spiro atoms. The summed E-state index contributed by atoms with van der Waals surface area (Å²) in [6, 6.07) is 19.7. The van der Waals surface area contributed by atoms with Gasteiger partial charge in [0.25, 0.3) is 11.8 Å². The smallest absolute Gasteiger partial charge is 0.257 e. The van der Waals surface area contributed by atoms with Crippen LogP contribution in [0.15, 0.2) is 66.7 Å². The molecule has 1 aliphatic rings. The predicted octanol–water partition coefficient (Wildman–Crippen LogP) is 5.62. The summed E-state index contributed by atoms with van der Waals surface area (Å²) >= 11 is 12.0. The number of hydrogen-bond donors (Lipinski definition) is 2. The van der Waals surface area contributed by atoms with Gasteiger partial charge in [-0.2, -0.15) is 0 Å². The van der Waals surface area contributed by atoms with Gasteiger partial charge in [-0.25, -0.2) is 0 Å². The molecule has 8 nitrogen and oxygen atoms in total. The molecular formula is C30H33ClN4O4S. The molecule has 2 N–H and O–H groups in total. The van der Waals surface area contributed by atoms with Crippen molar-refractivity contribution in [3.05, 3.63) is 82.9 Å². The second-order valence-electron chi connectivity index (χ2n) is 9.19. The van der Waals surface area contributed by atoms with Gasteiger partial charge < -0.3 is 24.6 Å². The Kier molecular flexibility index (Phi) is 10.2. The molecule has 0 saturated carbocycles. The Bertz CT molecular complexity index is 1340. The zero-order chi connectivity index (χ0) is 28.5. The number of rotatable bonds is 9. The Morgan fingerprint density at radius 1 is 0.900 bits per heavy atom. The third kappa shape index (κ3) is 7.64. The number of nitrogens with zero attached hydrogens (tertiary/aromatic N) is 2. The first-order valence-corrected chi connectivity index (χ1v) is 14.1. The topological polar surface area (TPSA) is 83.1 Å². The average Bonchev–Trinajstić information content (AvgIpc) is 2.96. The van der Waals surface area contributed by atoms with Crippen LogP contribution in [-0.2, 0) is 0 Å². The lowest BCUT2D eigenvalue weighted by Crippen LogP contribution is -2.48. The first-order chi connectivity index (χ1) is 19.4. The third-order valence-corrected chi connectivity index (χ3v) is 6.83. The van der Waals surface area contributed by atoms with Crippen molar-refractivity contribution in [2.45, 2.75) is 20.3 Å². The number of amides is 2. The maximum Gasteiger partial charge on any atom is 0.257 e. The van der Waals surface area contributed by atoms with Crippen LogP contribution in [0.1, 0.15) is 41.0 Å². The molecular weight excluding hydrogens is 548 g/mol. The lowest BCUT2D eigenvalue weighted by Gasteiger charge is -2.36. The number of nitrogens with one attached hydrogen (secondary N) is 2. The van der Waals surface area contributed by atoms with E-state index in [-0.39, 0.29) is 16.9 Å². The van der Waals surface area contributed by atoms with E-state index in [1.165, 1.54) is 0 Å². The molecule has 3 aromatic carbocycles. The standard InChI is InChI=1S/C30H33ClN4O4S/c1-3-18-39-24-11-8-21(9-12-24)29(37)35-16-14-34(15-17-35)27-13-10-23(20-26(27)31)32-30(40)33-28(36)22-6-5-7-25(19-22)38-4-2/h5-13,19-20H,3-4,14-18H2,1-2H3,(H2,32,33,36,40). The van der Waals surface area contributed by atoms with Gasteiger partial charge in [-0.05, 0) is 86.2 Å². The molecule has 210 valence electrons. The van der Waals surface area contributed by atoms with Crippen LogP contribution in [0.2, 0.25) is 5.02 Å². The van der Waals surface area contributed by atoms with Crippen LogP contribution in [0.5, 0.6) is 11.5 Å². The van der Waals surface area contributed by atoms with Gasteiger partial charge in [0, 0.05) is 43.0 Å². The summed E-state index contributed by atoms with van der Waals surface area (Å²) in [6.45, 7) is 7.60. The molecule has 0 radical (unpaired) electrons. The molecule has 40 heavy (non-hydrogen) atoms. The minimum absolute atomic E-state index is 0.00696. The SMILES string of the molecule is CCCOc1ccc(C(=O)N2CCN(c3ccc(NC(=S)NC(=O)c4cccc(OCC)c4)cc3Cl)CC2)cc1. The molecule has 3 aromatic rings. The minimum atomic E-state index is -0.338. The largest absolute Gasteiger partial charge is 0.494 e. The fourth-order valence-electron chi connectivity index (χ4n) is 4.32. The van der Waals surface area contributed by atoms with Gasteiger partial charge >= 0.3 is 0 Å². The summed E-state index contributed by atoms with van der Waals surface area (Å²) in [5.74, 6) is 1.06. The average molecular weight is 581 g/mol. The molecule has 1 aliphatic heterocycles. The van der Waals surface area contributed by atoms with Crippen molar-refractivity contribution in [3.8, 4) is 11.5 Å². The van der Waals surface area contributed by atoms with E-state index < -0.39 is 0 Å². The van der Waals surface area contributed by atoms with Gasteiger partial charge in [-0.15, -0.1) is 0 Å². The van der Waals surface area contributed by atoms with Crippen LogP contribution < -0.4 is 25.0 Å². The van der Waals surface area contributed by atoms with E-state index in [1.54, 1.807) is 30.3 Å². The summed E-state index contributed by atoms with van der Waals surface area (Å²) < 4.78 is 11.1. The van der Waals surface area contributed by atoms with Crippen molar-refractivity contribution in [1.82, 2.24) is 10.2 Å².